The van der Waals surface area contributed by atoms with Crippen molar-refractivity contribution in [3.05, 3.63) is 46.6 Å². The molecule has 0 unspecified atom stereocenters. The Kier molecular flexibility index (Phi) is 8.70. The number of hydrogen-bond acceptors (Lipinski definition) is 5. The first-order chi connectivity index (χ1) is 10.7. The second kappa shape index (κ2) is 10.3. The number of thioether (sulfide) groups is 1. The maximum absolute atomic E-state index is 5.79. The van der Waals surface area contributed by atoms with Gasteiger partial charge in [-0.25, -0.2) is 4.98 Å². The second-order valence-electron chi connectivity index (χ2n) is 4.13. The lowest BCUT2D eigenvalue weighted by molar-refractivity contribution is 0.294. The van der Waals surface area contributed by atoms with E-state index in [1.165, 1.54) is 5.56 Å². The first-order valence-electron chi connectivity index (χ1n) is 7.26. The third kappa shape index (κ3) is 6.54. The highest BCUT2D eigenvalue weighted by molar-refractivity contribution is 7.98. The second-order valence-corrected chi connectivity index (χ2v) is 5.79. The molecule has 0 spiro atoms. The molecule has 0 radical (unpaired) electrons. The zero-order valence-corrected chi connectivity index (χ0v) is 14.7. The van der Waals surface area contributed by atoms with Crippen molar-refractivity contribution in [2.45, 2.75) is 33.1 Å². The van der Waals surface area contributed by atoms with Gasteiger partial charge in [-0.3, -0.25) is 0 Å². The summed E-state index contributed by atoms with van der Waals surface area (Å²) in [5, 5.41) is 0.277. The molecule has 0 aliphatic carbocycles. The summed E-state index contributed by atoms with van der Waals surface area (Å²) in [6.07, 6.45) is 0. The van der Waals surface area contributed by atoms with E-state index in [0.29, 0.717) is 12.5 Å². The maximum atomic E-state index is 5.79. The van der Waals surface area contributed by atoms with Crippen molar-refractivity contribution >= 4 is 29.3 Å². The standard InChI is InChI=1S/C14H16ClN3OS.C2H6/c1-2-20-9-11-5-3-10(4-6-11)8-19-13-7-12(15)17-14(16)18-13;1-2/h3-7H,2,8-9H2,1H3,(H2,16,17,18);1-2H3. The van der Waals surface area contributed by atoms with E-state index < -0.39 is 0 Å². The van der Waals surface area contributed by atoms with Crippen molar-refractivity contribution < 1.29 is 4.74 Å². The molecule has 22 heavy (non-hydrogen) atoms. The van der Waals surface area contributed by atoms with Crippen molar-refractivity contribution in [2.75, 3.05) is 11.5 Å². The minimum absolute atomic E-state index is 0.111. The minimum Gasteiger partial charge on any atom is -0.473 e. The van der Waals surface area contributed by atoms with Crippen LogP contribution in [-0.2, 0) is 12.4 Å². The average molecular weight is 340 g/mol. The number of nitrogens with zero attached hydrogens (tertiary/aromatic N) is 2. The van der Waals surface area contributed by atoms with Gasteiger partial charge in [-0.15, -0.1) is 0 Å². The van der Waals surface area contributed by atoms with E-state index in [4.69, 9.17) is 22.1 Å². The third-order valence-electron chi connectivity index (χ3n) is 2.57. The van der Waals surface area contributed by atoms with Crippen LogP contribution in [0.15, 0.2) is 30.3 Å². The van der Waals surface area contributed by atoms with Gasteiger partial charge < -0.3 is 10.5 Å². The zero-order valence-electron chi connectivity index (χ0n) is 13.2. The van der Waals surface area contributed by atoms with Crippen LogP contribution in [-0.4, -0.2) is 15.7 Å². The maximum Gasteiger partial charge on any atom is 0.224 e. The lowest BCUT2D eigenvalue weighted by atomic mass is 10.2. The molecule has 0 saturated carbocycles. The Morgan fingerprint density at radius 2 is 1.77 bits per heavy atom. The molecule has 2 rings (SSSR count). The fourth-order valence-electron chi connectivity index (χ4n) is 1.60. The van der Waals surface area contributed by atoms with E-state index in [9.17, 15) is 0 Å². The molecule has 120 valence electrons. The molecule has 1 aromatic heterocycles. The number of nitrogen functional groups attached to an aromatic ring is 1. The summed E-state index contributed by atoms with van der Waals surface area (Å²) in [7, 11) is 0. The number of nitrogens with two attached hydrogens (primary N) is 1. The number of benzene rings is 1. The Bertz CT molecular complexity index is 544. The Morgan fingerprint density at radius 3 is 2.36 bits per heavy atom. The molecule has 0 amide bonds. The van der Waals surface area contributed by atoms with Crippen LogP contribution in [0.5, 0.6) is 5.88 Å². The lowest BCUT2D eigenvalue weighted by Crippen LogP contribution is -2.01. The van der Waals surface area contributed by atoms with Crippen LogP contribution in [0.2, 0.25) is 5.15 Å². The van der Waals surface area contributed by atoms with Crippen molar-refractivity contribution in [3.8, 4) is 5.88 Å². The number of rotatable bonds is 6. The molecule has 6 heteroatoms. The van der Waals surface area contributed by atoms with Gasteiger partial charge in [-0.05, 0) is 16.9 Å². The van der Waals surface area contributed by atoms with E-state index in [0.717, 1.165) is 17.1 Å². The smallest absolute Gasteiger partial charge is 0.224 e. The summed E-state index contributed by atoms with van der Waals surface area (Å²) in [5.74, 6) is 2.66. The largest absolute Gasteiger partial charge is 0.473 e. The first kappa shape index (κ1) is 18.6. The zero-order chi connectivity index (χ0) is 16.4. The highest BCUT2D eigenvalue weighted by Crippen LogP contribution is 2.17. The van der Waals surface area contributed by atoms with Crippen LogP contribution in [0.25, 0.3) is 0 Å². The van der Waals surface area contributed by atoms with Crippen LogP contribution in [0.3, 0.4) is 0 Å². The van der Waals surface area contributed by atoms with Crippen LogP contribution >= 0.6 is 23.4 Å². The number of anilines is 1. The molecular formula is C16H22ClN3OS. The molecule has 0 saturated heterocycles. The van der Waals surface area contributed by atoms with Crippen molar-refractivity contribution in [3.63, 3.8) is 0 Å². The van der Waals surface area contributed by atoms with Gasteiger partial charge in [0.15, 0.2) is 0 Å². The van der Waals surface area contributed by atoms with Gasteiger partial charge in [0.05, 0.1) is 0 Å². The molecule has 0 bridgehead atoms. The summed E-state index contributed by atoms with van der Waals surface area (Å²) in [5.41, 5.74) is 7.89. The fraction of sp³-hybridized carbons (Fsp3) is 0.375. The molecule has 2 aromatic rings. The predicted octanol–water partition coefficient (Wildman–Crippen LogP) is 4.57. The van der Waals surface area contributed by atoms with Crippen LogP contribution in [0, 0.1) is 0 Å². The normalized spacial score (nSPS) is 9.82. The third-order valence-corrected chi connectivity index (χ3v) is 3.71. The van der Waals surface area contributed by atoms with Gasteiger partial charge in [0.25, 0.3) is 0 Å². The van der Waals surface area contributed by atoms with Gasteiger partial charge in [-0.1, -0.05) is 56.6 Å². The number of hydrogen-bond donors (Lipinski definition) is 1. The van der Waals surface area contributed by atoms with Crippen molar-refractivity contribution in [1.82, 2.24) is 9.97 Å². The first-order valence-corrected chi connectivity index (χ1v) is 8.79. The molecule has 1 aromatic carbocycles. The van der Waals surface area contributed by atoms with Crippen LogP contribution < -0.4 is 10.5 Å². The molecule has 0 aliphatic heterocycles. The Hall–Kier alpha value is -1.46. The number of aromatic nitrogens is 2. The Labute approximate surface area is 141 Å². The van der Waals surface area contributed by atoms with E-state index in [-0.39, 0.29) is 11.1 Å². The van der Waals surface area contributed by atoms with Gasteiger partial charge >= 0.3 is 0 Å². The van der Waals surface area contributed by atoms with Crippen LogP contribution in [0.1, 0.15) is 31.9 Å². The quantitative estimate of drug-likeness (QED) is 0.781. The van der Waals surface area contributed by atoms with E-state index >= 15 is 0 Å². The molecule has 0 fully saturated rings. The van der Waals surface area contributed by atoms with Gasteiger partial charge in [0.2, 0.25) is 11.8 Å². The fourth-order valence-corrected chi connectivity index (χ4v) is 2.41. The Morgan fingerprint density at radius 1 is 1.14 bits per heavy atom. The predicted molar refractivity (Wildman–Crippen MR) is 95.4 cm³/mol. The Balaban J connectivity index is 0.00000116. The molecule has 2 N–H and O–H groups in total. The number of halogens is 1. The van der Waals surface area contributed by atoms with E-state index in [1.54, 1.807) is 6.07 Å². The monoisotopic (exact) mass is 339 g/mol. The van der Waals surface area contributed by atoms with Crippen LogP contribution in [0.4, 0.5) is 5.95 Å². The van der Waals surface area contributed by atoms with Gasteiger partial charge in [0.1, 0.15) is 11.8 Å². The molecular weight excluding hydrogens is 318 g/mol. The number of ether oxygens (including phenoxy) is 1. The molecule has 0 aliphatic rings. The summed E-state index contributed by atoms with van der Waals surface area (Å²) >= 11 is 7.69. The highest BCUT2D eigenvalue weighted by atomic mass is 35.5. The summed E-state index contributed by atoms with van der Waals surface area (Å²) in [6, 6.07) is 9.88. The van der Waals surface area contributed by atoms with Crippen molar-refractivity contribution in [1.29, 1.82) is 0 Å². The van der Waals surface area contributed by atoms with Gasteiger partial charge in [-0.2, -0.15) is 16.7 Å². The topological polar surface area (TPSA) is 61.0 Å². The lowest BCUT2D eigenvalue weighted by Gasteiger charge is -2.07. The summed E-state index contributed by atoms with van der Waals surface area (Å²) in [4.78, 5) is 7.74. The molecule has 0 atom stereocenters. The molecule has 1 heterocycles. The van der Waals surface area contributed by atoms with Crippen molar-refractivity contribution in [2.24, 2.45) is 0 Å². The van der Waals surface area contributed by atoms with E-state index in [1.807, 2.05) is 25.6 Å². The van der Waals surface area contributed by atoms with E-state index in [2.05, 4.69) is 41.2 Å². The summed E-state index contributed by atoms with van der Waals surface area (Å²) < 4.78 is 5.55. The average Bonchev–Trinajstić information content (AvgIpc) is 2.53. The highest BCUT2D eigenvalue weighted by Gasteiger charge is 2.02. The molecule has 4 nitrogen and oxygen atoms in total. The summed E-state index contributed by atoms with van der Waals surface area (Å²) in [6.45, 7) is 6.58. The van der Waals surface area contributed by atoms with Gasteiger partial charge in [0, 0.05) is 11.8 Å². The SMILES string of the molecule is CC.CCSCc1ccc(COc2cc(Cl)nc(N)n2)cc1. The minimum atomic E-state index is 0.111.